The molecule has 3 atom stereocenters. The molecule has 0 amide bonds. The Morgan fingerprint density at radius 1 is 1.24 bits per heavy atom. The normalized spacial score (nSPS) is 31.6. The van der Waals surface area contributed by atoms with Gasteiger partial charge in [-0.15, -0.1) is 0 Å². The van der Waals surface area contributed by atoms with Crippen LogP contribution in [0.1, 0.15) is 24.8 Å². The summed E-state index contributed by atoms with van der Waals surface area (Å²) in [5.41, 5.74) is 7.22. The number of fused-ring (bicyclic) bond motifs is 1. The van der Waals surface area contributed by atoms with Gasteiger partial charge in [-0.05, 0) is 24.8 Å². The second-order valence-electron chi connectivity index (χ2n) is 4.98. The molecule has 1 fully saturated rings. The molecular formula is C14H18N2O. The van der Waals surface area contributed by atoms with E-state index in [4.69, 9.17) is 10.5 Å². The van der Waals surface area contributed by atoms with Gasteiger partial charge in [-0.2, -0.15) is 0 Å². The van der Waals surface area contributed by atoms with Crippen LogP contribution in [-0.4, -0.2) is 24.1 Å². The highest BCUT2D eigenvalue weighted by atomic mass is 16.5. The third kappa shape index (κ3) is 2.34. The molecular weight excluding hydrogens is 212 g/mol. The van der Waals surface area contributed by atoms with E-state index in [1.165, 1.54) is 5.56 Å². The van der Waals surface area contributed by atoms with Gasteiger partial charge in [0.2, 0.25) is 0 Å². The summed E-state index contributed by atoms with van der Waals surface area (Å²) in [6.07, 6.45) is 4.18. The Balaban J connectivity index is 1.68. The van der Waals surface area contributed by atoms with Gasteiger partial charge in [0.1, 0.15) is 6.10 Å². The summed E-state index contributed by atoms with van der Waals surface area (Å²) in [4.78, 5) is 4.67. The predicted molar refractivity (Wildman–Crippen MR) is 68.1 cm³/mol. The molecule has 1 heterocycles. The summed E-state index contributed by atoms with van der Waals surface area (Å²) >= 11 is 0. The van der Waals surface area contributed by atoms with E-state index in [1.807, 2.05) is 18.2 Å². The van der Waals surface area contributed by atoms with E-state index in [2.05, 4.69) is 17.1 Å². The number of hydrogen-bond acceptors (Lipinski definition) is 3. The Bertz CT molecular complexity index is 415. The number of nitrogens with zero attached hydrogens (tertiary/aromatic N) is 1. The van der Waals surface area contributed by atoms with Gasteiger partial charge in [0.15, 0.2) is 5.90 Å². The number of nitrogens with two attached hydrogens (primary N) is 1. The Labute approximate surface area is 102 Å². The van der Waals surface area contributed by atoms with Gasteiger partial charge in [-0.1, -0.05) is 30.3 Å². The first-order valence-electron chi connectivity index (χ1n) is 6.34. The molecule has 0 spiro atoms. The van der Waals surface area contributed by atoms with E-state index in [-0.39, 0.29) is 6.10 Å². The fourth-order valence-electron chi connectivity index (χ4n) is 2.67. The fraction of sp³-hybridized carbons (Fsp3) is 0.500. The first-order chi connectivity index (χ1) is 8.31. The molecule has 17 heavy (non-hydrogen) atoms. The van der Waals surface area contributed by atoms with Crippen molar-refractivity contribution >= 4 is 5.90 Å². The lowest BCUT2D eigenvalue weighted by Crippen LogP contribution is -2.37. The van der Waals surface area contributed by atoms with Crippen molar-refractivity contribution < 1.29 is 4.74 Å². The third-order valence-corrected chi connectivity index (χ3v) is 3.59. The van der Waals surface area contributed by atoms with Gasteiger partial charge in [0.25, 0.3) is 0 Å². The lowest BCUT2D eigenvalue weighted by Gasteiger charge is -2.26. The zero-order chi connectivity index (χ0) is 11.7. The minimum Gasteiger partial charge on any atom is -0.475 e. The van der Waals surface area contributed by atoms with Crippen LogP contribution in [0.5, 0.6) is 0 Å². The third-order valence-electron chi connectivity index (χ3n) is 3.59. The average Bonchev–Trinajstić information content (AvgIpc) is 2.71. The summed E-state index contributed by atoms with van der Waals surface area (Å²) in [6.45, 7) is 0. The van der Waals surface area contributed by atoms with Crippen molar-refractivity contribution in [1.82, 2.24) is 0 Å². The first kappa shape index (κ1) is 10.8. The van der Waals surface area contributed by atoms with Gasteiger partial charge in [0.05, 0.1) is 6.04 Å². The van der Waals surface area contributed by atoms with Crippen molar-refractivity contribution in [3.8, 4) is 0 Å². The van der Waals surface area contributed by atoms with E-state index >= 15 is 0 Å². The topological polar surface area (TPSA) is 47.6 Å². The van der Waals surface area contributed by atoms with Crippen LogP contribution in [0.15, 0.2) is 35.3 Å². The van der Waals surface area contributed by atoms with Gasteiger partial charge >= 0.3 is 0 Å². The van der Waals surface area contributed by atoms with Crippen molar-refractivity contribution in [2.75, 3.05) is 0 Å². The van der Waals surface area contributed by atoms with E-state index in [9.17, 15) is 0 Å². The Morgan fingerprint density at radius 2 is 2.06 bits per heavy atom. The molecule has 1 aromatic rings. The molecule has 3 nitrogen and oxygen atoms in total. The van der Waals surface area contributed by atoms with Crippen molar-refractivity contribution in [2.24, 2.45) is 10.7 Å². The van der Waals surface area contributed by atoms with Crippen LogP contribution in [-0.2, 0) is 11.2 Å². The van der Waals surface area contributed by atoms with E-state index in [1.54, 1.807) is 0 Å². The summed E-state index contributed by atoms with van der Waals surface area (Å²) < 4.78 is 5.91. The highest BCUT2D eigenvalue weighted by molar-refractivity contribution is 5.80. The number of ether oxygens (including phenoxy) is 1. The molecule has 3 heteroatoms. The fourth-order valence-corrected chi connectivity index (χ4v) is 2.67. The molecule has 2 aliphatic rings. The van der Waals surface area contributed by atoms with Crippen LogP contribution < -0.4 is 5.73 Å². The molecule has 1 saturated carbocycles. The molecule has 0 aromatic heterocycles. The van der Waals surface area contributed by atoms with Gasteiger partial charge < -0.3 is 10.5 Å². The largest absolute Gasteiger partial charge is 0.475 e. The van der Waals surface area contributed by atoms with Crippen molar-refractivity contribution in [3.63, 3.8) is 0 Å². The molecule has 0 radical (unpaired) electrons. The molecule has 3 unspecified atom stereocenters. The van der Waals surface area contributed by atoms with E-state index in [0.717, 1.165) is 31.6 Å². The van der Waals surface area contributed by atoms with Crippen LogP contribution in [0, 0.1) is 0 Å². The molecule has 0 bridgehead atoms. The van der Waals surface area contributed by atoms with Gasteiger partial charge in [0, 0.05) is 12.5 Å². The van der Waals surface area contributed by atoms with Gasteiger partial charge in [-0.3, -0.25) is 0 Å². The van der Waals surface area contributed by atoms with E-state index < -0.39 is 0 Å². The predicted octanol–water partition coefficient (Wildman–Crippen LogP) is 1.91. The number of benzene rings is 1. The average molecular weight is 230 g/mol. The first-order valence-corrected chi connectivity index (χ1v) is 6.34. The summed E-state index contributed by atoms with van der Waals surface area (Å²) in [5, 5.41) is 0. The summed E-state index contributed by atoms with van der Waals surface area (Å²) in [6, 6.07) is 11.0. The SMILES string of the molecule is NC1CCC2OC(Cc3ccccc3)=NC2C1. The Kier molecular flexibility index (Phi) is 2.85. The lowest BCUT2D eigenvalue weighted by atomic mass is 9.90. The zero-order valence-electron chi connectivity index (χ0n) is 9.88. The molecule has 3 rings (SSSR count). The summed E-state index contributed by atoms with van der Waals surface area (Å²) in [5.74, 6) is 0.889. The van der Waals surface area contributed by atoms with E-state index in [0.29, 0.717) is 12.1 Å². The maximum Gasteiger partial charge on any atom is 0.188 e. The monoisotopic (exact) mass is 230 g/mol. The highest BCUT2D eigenvalue weighted by Crippen LogP contribution is 2.28. The van der Waals surface area contributed by atoms with Gasteiger partial charge in [-0.25, -0.2) is 4.99 Å². The number of hydrogen-bond donors (Lipinski definition) is 1. The van der Waals surface area contributed by atoms with Crippen LogP contribution in [0.25, 0.3) is 0 Å². The highest BCUT2D eigenvalue weighted by Gasteiger charge is 2.35. The lowest BCUT2D eigenvalue weighted by molar-refractivity contribution is 0.142. The van der Waals surface area contributed by atoms with Crippen LogP contribution in [0.4, 0.5) is 0 Å². The van der Waals surface area contributed by atoms with Crippen LogP contribution in [0.3, 0.4) is 0 Å². The zero-order valence-corrected chi connectivity index (χ0v) is 9.88. The van der Waals surface area contributed by atoms with Crippen LogP contribution in [0.2, 0.25) is 0 Å². The minimum atomic E-state index is 0.286. The minimum absolute atomic E-state index is 0.286. The quantitative estimate of drug-likeness (QED) is 0.843. The molecule has 1 aliphatic carbocycles. The smallest absolute Gasteiger partial charge is 0.188 e. The van der Waals surface area contributed by atoms with Crippen molar-refractivity contribution in [1.29, 1.82) is 0 Å². The molecule has 2 N–H and O–H groups in total. The standard InChI is InChI=1S/C14H18N2O/c15-11-6-7-13-12(9-11)16-14(17-13)8-10-4-2-1-3-5-10/h1-5,11-13H,6-9,15H2. The number of rotatable bonds is 2. The second kappa shape index (κ2) is 4.49. The molecule has 90 valence electrons. The maximum atomic E-state index is 5.96. The molecule has 1 aliphatic heterocycles. The maximum absolute atomic E-state index is 5.96. The Morgan fingerprint density at radius 3 is 2.88 bits per heavy atom. The number of aliphatic imine (C=N–C) groups is 1. The van der Waals surface area contributed by atoms with Crippen molar-refractivity contribution in [2.45, 2.75) is 43.9 Å². The second-order valence-corrected chi connectivity index (χ2v) is 4.98. The molecule has 0 saturated heterocycles. The summed E-state index contributed by atoms with van der Waals surface area (Å²) in [7, 11) is 0. The molecule has 1 aromatic carbocycles. The van der Waals surface area contributed by atoms with Crippen LogP contribution >= 0.6 is 0 Å². The Hall–Kier alpha value is -1.35. The van der Waals surface area contributed by atoms with Crippen molar-refractivity contribution in [3.05, 3.63) is 35.9 Å².